The van der Waals surface area contributed by atoms with Gasteiger partial charge < -0.3 is 0 Å². The highest BCUT2D eigenvalue weighted by molar-refractivity contribution is 8.04. The molecule has 4 aromatic rings. The van der Waals surface area contributed by atoms with Crippen molar-refractivity contribution in [3.8, 4) is 0 Å². The lowest BCUT2D eigenvalue weighted by Gasteiger charge is -2.40. The van der Waals surface area contributed by atoms with Crippen LogP contribution in [0.15, 0.2) is 121 Å². The van der Waals surface area contributed by atoms with Gasteiger partial charge in [-0.2, -0.15) is 0 Å². The first-order valence-corrected chi connectivity index (χ1v) is 10.3. The van der Waals surface area contributed by atoms with Gasteiger partial charge in [0.15, 0.2) is 0 Å². The lowest BCUT2D eigenvalue weighted by molar-refractivity contribution is 1.74. The molecule has 0 aliphatic rings. The van der Waals surface area contributed by atoms with Gasteiger partial charge in [-0.25, -0.2) is 18.7 Å². The van der Waals surface area contributed by atoms with Crippen molar-refractivity contribution in [1.29, 1.82) is 0 Å². The summed E-state index contributed by atoms with van der Waals surface area (Å²) in [6.45, 7) is 0. The average molecular weight is 350 g/mol. The van der Waals surface area contributed by atoms with Crippen molar-refractivity contribution in [2.24, 2.45) is 0 Å². The Kier molecular flexibility index (Phi) is 5.29. The molecule has 26 heavy (non-hydrogen) atoms. The molecule has 125 valence electrons. The molecular formula is C24H20BP-. The summed E-state index contributed by atoms with van der Waals surface area (Å²) in [6.07, 6.45) is 0.331. The summed E-state index contributed by atoms with van der Waals surface area (Å²) in [5.41, 5.74) is 2.75. The van der Waals surface area contributed by atoms with Gasteiger partial charge in [0.25, 0.3) is 0 Å². The zero-order valence-electron chi connectivity index (χ0n) is 14.6. The molecule has 0 aliphatic carbocycles. The molecule has 0 heterocycles. The third-order valence-electron chi connectivity index (χ3n) is 4.56. The Hall–Kier alpha value is -2.63. The summed E-state index contributed by atoms with van der Waals surface area (Å²) in [7, 11) is -0.567. The normalized spacial score (nSPS) is 11.0. The molecule has 0 fully saturated rings. The van der Waals surface area contributed by atoms with E-state index in [9.17, 15) is 0 Å². The molecule has 0 bridgehead atoms. The second-order valence-corrected chi connectivity index (χ2v) is 8.55. The van der Waals surface area contributed by atoms with Crippen molar-refractivity contribution in [2.75, 3.05) is 0 Å². The van der Waals surface area contributed by atoms with Gasteiger partial charge in [-0.05, 0) is 6.43 Å². The molecule has 0 atom stereocenters. The maximum Gasteiger partial charge on any atom is -0.0236 e. The summed E-state index contributed by atoms with van der Waals surface area (Å²) in [5.74, 6) is 0. The van der Waals surface area contributed by atoms with Crippen LogP contribution in [0.3, 0.4) is 0 Å². The first-order chi connectivity index (χ1) is 12.9. The molecule has 2 heteroatoms. The van der Waals surface area contributed by atoms with Crippen molar-refractivity contribution in [3.05, 3.63) is 121 Å². The zero-order chi connectivity index (χ0) is 17.6. The molecule has 1 radical (unpaired) electrons. The van der Waals surface area contributed by atoms with Crippen molar-refractivity contribution in [1.82, 2.24) is 0 Å². The first kappa shape index (κ1) is 16.8. The molecule has 0 N–H and O–H groups in total. The average Bonchev–Trinajstić information content (AvgIpc) is 2.74. The van der Waals surface area contributed by atoms with Gasteiger partial charge in [-0.3, -0.25) is 0 Å². The highest BCUT2D eigenvalue weighted by Gasteiger charge is 2.16. The molecular weight excluding hydrogens is 330 g/mol. The Balaban J connectivity index is 1.93. The molecule has 0 spiro atoms. The Labute approximate surface area is 157 Å². The lowest BCUT2D eigenvalue weighted by Crippen LogP contribution is -2.45. The van der Waals surface area contributed by atoms with E-state index in [1.807, 2.05) is 0 Å². The fourth-order valence-electron chi connectivity index (χ4n) is 3.39. The fourth-order valence-corrected chi connectivity index (χ4v) is 6.21. The number of hydrogen-bond donors (Lipinski definition) is 0. The number of benzene rings is 4. The van der Waals surface area contributed by atoms with Crippen LogP contribution < -0.4 is 21.5 Å². The molecule has 0 saturated heterocycles. The molecule has 0 aromatic heterocycles. The minimum Gasteiger partial charge on any atom is -0.239 e. The molecule has 4 rings (SSSR count). The zero-order valence-corrected chi connectivity index (χ0v) is 15.5. The third kappa shape index (κ3) is 3.64. The van der Waals surface area contributed by atoms with Gasteiger partial charge in [0.2, 0.25) is 0 Å². The first-order valence-electron chi connectivity index (χ1n) is 8.93. The Bertz CT molecular complexity index is 765. The van der Waals surface area contributed by atoms with Crippen LogP contribution in [0.25, 0.3) is 0 Å². The lowest BCUT2D eigenvalue weighted by atomic mass is 9.62. The second kappa shape index (κ2) is 8.17. The van der Waals surface area contributed by atoms with Gasteiger partial charge in [0, 0.05) is 0 Å². The monoisotopic (exact) mass is 350 g/mol. The van der Waals surface area contributed by atoms with Crippen LogP contribution in [0, 0.1) is 0 Å². The summed E-state index contributed by atoms with van der Waals surface area (Å²) in [4.78, 5) is 0. The molecule has 0 unspecified atom stereocenters. The summed E-state index contributed by atoms with van der Waals surface area (Å²) in [5, 5.41) is 2.82. The van der Waals surface area contributed by atoms with Crippen molar-refractivity contribution in [3.63, 3.8) is 0 Å². The molecule has 0 saturated carbocycles. The van der Waals surface area contributed by atoms with E-state index in [4.69, 9.17) is 0 Å². The fraction of sp³-hybridized carbons (Fsp3) is 0. The van der Waals surface area contributed by atoms with E-state index in [0.717, 1.165) is 0 Å². The van der Waals surface area contributed by atoms with E-state index in [0.29, 0.717) is 6.43 Å². The van der Waals surface area contributed by atoms with Crippen LogP contribution in [0.1, 0.15) is 0 Å². The summed E-state index contributed by atoms with van der Waals surface area (Å²) < 4.78 is 0. The topological polar surface area (TPSA) is 0 Å². The molecule has 0 aliphatic heterocycles. The van der Waals surface area contributed by atoms with Crippen molar-refractivity contribution >= 4 is 35.8 Å². The minimum atomic E-state index is -0.567. The van der Waals surface area contributed by atoms with E-state index >= 15 is 0 Å². The predicted molar refractivity (Wildman–Crippen MR) is 117 cm³/mol. The van der Waals surface area contributed by atoms with E-state index in [1.54, 1.807) is 0 Å². The molecule has 0 nitrogen and oxygen atoms in total. The van der Waals surface area contributed by atoms with Crippen molar-refractivity contribution in [2.45, 2.75) is 0 Å². The van der Waals surface area contributed by atoms with Crippen LogP contribution in [0.2, 0.25) is 0 Å². The minimum absolute atomic E-state index is 0.331. The largest absolute Gasteiger partial charge is 0.239 e. The predicted octanol–water partition coefficient (Wildman–Crippen LogP) is 3.93. The smallest absolute Gasteiger partial charge is 0.0236 e. The maximum atomic E-state index is 2.28. The van der Waals surface area contributed by atoms with Crippen molar-refractivity contribution < 1.29 is 0 Å². The Morgan fingerprint density at radius 1 is 0.385 bits per heavy atom. The van der Waals surface area contributed by atoms with Gasteiger partial charge in [0.05, 0.1) is 0 Å². The highest BCUT2D eigenvalue weighted by atomic mass is 31.1. The standard InChI is InChI=1S/C24H20BP/c1-5-13-21(14-6-1)25(22-15-7-2-8-16-22)26(23-17-9-3-10-18-23)24-19-11-4-12-20-24/h1-20H/q-1. The summed E-state index contributed by atoms with van der Waals surface area (Å²) >= 11 is 0. The van der Waals surface area contributed by atoms with Crippen LogP contribution in [-0.2, 0) is 0 Å². The molecule has 0 amide bonds. The van der Waals surface area contributed by atoms with Crippen LogP contribution >= 0.6 is 7.80 Å². The SMILES string of the molecule is c1ccc([B-](c2ccccc2)P(c2ccccc2)c2ccccc2)cc1. The molecule has 4 aromatic carbocycles. The van der Waals surface area contributed by atoms with Gasteiger partial charge in [-0.1, -0.05) is 132 Å². The van der Waals surface area contributed by atoms with Crippen LogP contribution in [0.4, 0.5) is 0 Å². The quantitative estimate of drug-likeness (QED) is 0.378. The van der Waals surface area contributed by atoms with Crippen LogP contribution in [0.5, 0.6) is 0 Å². The number of hydrogen-bond acceptors (Lipinski definition) is 0. The van der Waals surface area contributed by atoms with Gasteiger partial charge in [-0.15, -0.1) is 0 Å². The van der Waals surface area contributed by atoms with Gasteiger partial charge in [0.1, 0.15) is 0 Å². The van der Waals surface area contributed by atoms with Crippen LogP contribution in [-0.4, -0.2) is 6.43 Å². The highest BCUT2D eigenvalue weighted by Crippen LogP contribution is 2.36. The van der Waals surface area contributed by atoms with E-state index in [-0.39, 0.29) is 0 Å². The summed E-state index contributed by atoms with van der Waals surface area (Å²) in [6, 6.07) is 43.7. The third-order valence-corrected chi connectivity index (χ3v) is 7.38. The second-order valence-electron chi connectivity index (χ2n) is 6.27. The van der Waals surface area contributed by atoms with E-state index < -0.39 is 7.80 Å². The maximum absolute atomic E-state index is 2.28. The van der Waals surface area contributed by atoms with E-state index in [1.165, 1.54) is 21.5 Å². The van der Waals surface area contributed by atoms with E-state index in [2.05, 4.69) is 121 Å². The Morgan fingerprint density at radius 2 is 0.692 bits per heavy atom. The number of rotatable bonds is 5. The Morgan fingerprint density at radius 3 is 1.04 bits per heavy atom. The van der Waals surface area contributed by atoms with Gasteiger partial charge >= 0.3 is 0 Å².